The molecule has 0 amide bonds. The number of unbranched alkanes of at least 4 members (excludes halogenated alkanes) is 7. The molecule has 0 rings (SSSR count). The predicted molar refractivity (Wildman–Crippen MR) is 140 cm³/mol. The van der Waals surface area contributed by atoms with Crippen molar-refractivity contribution in [2.75, 3.05) is 6.54 Å². The number of allylic oxidation sites excluding steroid dienone is 2. The van der Waals surface area contributed by atoms with Crippen LogP contribution in [0.5, 0.6) is 0 Å². The normalized spacial score (nSPS) is 16.0. The molecule has 3 N–H and O–H groups in total. The van der Waals surface area contributed by atoms with Crippen molar-refractivity contribution in [3.63, 3.8) is 0 Å². The van der Waals surface area contributed by atoms with E-state index in [1.54, 1.807) is 0 Å². The smallest absolute Gasteiger partial charge is 0.362 e. The maximum absolute atomic E-state index is 12.5. The maximum Gasteiger partial charge on any atom is 0.362 e. The highest BCUT2D eigenvalue weighted by Gasteiger charge is 2.56. The van der Waals surface area contributed by atoms with Crippen LogP contribution in [0, 0.1) is 0 Å². The highest BCUT2D eigenvalue weighted by atomic mass is 16.4. The van der Waals surface area contributed by atoms with Crippen LogP contribution in [0.3, 0.4) is 0 Å². The summed E-state index contributed by atoms with van der Waals surface area (Å²) in [5.74, 6) is -3.28. The molecule has 0 bridgehead atoms. The molecule has 0 radical (unpaired) electrons. The molecule has 0 aliphatic carbocycles. The van der Waals surface area contributed by atoms with Crippen LogP contribution in [0.4, 0.5) is 0 Å². The first-order valence-corrected chi connectivity index (χ1v) is 13.9. The van der Waals surface area contributed by atoms with Gasteiger partial charge in [0.1, 0.15) is 0 Å². The van der Waals surface area contributed by atoms with E-state index in [4.69, 9.17) is 0 Å². The van der Waals surface area contributed by atoms with Gasteiger partial charge in [0.2, 0.25) is 0 Å². The number of hydrogen-bond acceptors (Lipinski definition) is 3. The number of carbonyl (C=O) groups is 3. The lowest BCUT2D eigenvalue weighted by Crippen LogP contribution is -2.72. The number of hydrogen-bond donors (Lipinski definition) is 3. The summed E-state index contributed by atoms with van der Waals surface area (Å²) in [6.07, 6.45) is 16.2. The summed E-state index contributed by atoms with van der Waals surface area (Å²) in [5.41, 5.74) is 0. The summed E-state index contributed by atoms with van der Waals surface area (Å²) in [7, 11) is 0. The van der Waals surface area contributed by atoms with Crippen molar-refractivity contribution in [2.45, 2.75) is 142 Å². The largest absolute Gasteiger partial charge is 0.477 e. The van der Waals surface area contributed by atoms with Crippen LogP contribution < -0.4 is 0 Å². The van der Waals surface area contributed by atoms with E-state index in [-0.39, 0.29) is 30.3 Å². The number of rotatable bonds is 23. The van der Waals surface area contributed by atoms with Gasteiger partial charge in [0.15, 0.2) is 18.1 Å². The van der Waals surface area contributed by atoms with Crippen LogP contribution in [0.15, 0.2) is 12.2 Å². The Morgan fingerprint density at radius 3 is 1.29 bits per heavy atom. The van der Waals surface area contributed by atoms with Gasteiger partial charge in [0, 0.05) is 19.3 Å². The zero-order valence-electron chi connectivity index (χ0n) is 22.7. The second-order valence-electron chi connectivity index (χ2n) is 9.82. The minimum absolute atomic E-state index is 0.262. The molecule has 0 fully saturated rings. The molecule has 0 heterocycles. The van der Waals surface area contributed by atoms with E-state index in [1.807, 2.05) is 20.8 Å². The van der Waals surface area contributed by atoms with Crippen LogP contribution in [0.2, 0.25) is 0 Å². The van der Waals surface area contributed by atoms with Crippen molar-refractivity contribution in [3.8, 4) is 0 Å². The highest BCUT2D eigenvalue weighted by molar-refractivity contribution is 5.78. The molecule has 0 aliphatic heterocycles. The molecule has 7 heteroatoms. The molecule has 0 saturated carbocycles. The number of aliphatic carboxylic acids is 3. The van der Waals surface area contributed by atoms with Crippen molar-refractivity contribution in [2.24, 2.45) is 0 Å². The monoisotopic (exact) mass is 498 g/mol. The van der Waals surface area contributed by atoms with Gasteiger partial charge < -0.3 is 15.3 Å². The van der Waals surface area contributed by atoms with Crippen LogP contribution in [-0.2, 0) is 14.4 Å². The number of carboxylic acids is 3. The summed E-state index contributed by atoms with van der Waals surface area (Å²) in [6.45, 7) is 8.06. The Kier molecular flexibility index (Phi) is 18.3. The average Bonchev–Trinajstić information content (AvgIpc) is 2.81. The Balaban J connectivity index is 5.76. The maximum atomic E-state index is 12.5. The summed E-state index contributed by atoms with van der Waals surface area (Å²) in [6, 6.07) is -3.15. The van der Waals surface area contributed by atoms with Crippen LogP contribution in [0.1, 0.15) is 124 Å². The quantitative estimate of drug-likeness (QED) is 0.0826. The molecule has 0 aliphatic rings. The van der Waals surface area contributed by atoms with Gasteiger partial charge in [-0.05, 0) is 57.8 Å². The van der Waals surface area contributed by atoms with Crippen molar-refractivity contribution >= 4 is 17.9 Å². The van der Waals surface area contributed by atoms with Gasteiger partial charge in [-0.15, -0.1) is 0 Å². The Labute approximate surface area is 213 Å². The third kappa shape index (κ3) is 11.1. The molecule has 3 unspecified atom stereocenters. The van der Waals surface area contributed by atoms with Gasteiger partial charge in [0.05, 0.1) is 6.54 Å². The molecule has 0 aromatic rings. The molecule has 7 nitrogen and oxygen atoms in total. The number of nitrogens with zero attached hydrogens (tertiary/aromatic N) is 1. The lowest BCUT2D eigenvalue weighted by atomic mass is 9.91. The van der Waals surface area contributed by atoms with Crippen molar-refractivity contribution < 1.29 is 34.2 Å². The number of quaternary nitrogens is 1. The fraction of sp³-hybridized carbons (Fsp3) is 0.821. The summed E-state index contributed by atoms with van der Waals surface area (Å²) >= 11 is 0. The Morgan fingerprint density at radius 1 is 0.571 bits per heavy atom. The third-order valence-electron chi connectivity index (χ3n) is 7.09. The first-order chi connectivity index (χ1) is 16.7. The fourth-order valence-corrected chi connectivity index (χ4v) is 5.40. The highest BCUT2D eigenvalue weighted by Crippen LogP contribution is 2.34. The minimum Gasteiger partial charge on any atom is -0.477 e. The van der Waals surface area contributed by atoms with E-state index in [2.05, 4.69) is 19.1 Å². The molecule has 0 aromatic carbocycles. The van der Waals surface area contributed by atoms with Gasteiger partial charge in [-0.2, -0.15) is 0 Å². The molecule has 0 aromatic heterocycles. The zero-order chi connectivity index (χ0) is 26.7. The van der Waals surface area contributed by atoms with Crippen molar-refractivity contribution in [1.29, 1.82) is 0 Å². The van der Waals surface area contributed by atoms with Crippen LogP contribution in [0.25, 0.3) is 0 Å². The SMILES string of the molecule is CCCCC/C=C/CCCCCC[N+](C(CCC)C(=O)O)(C(CCC)C(=O)O)C(CCC)C(=O)O. The Hall–Kier alpha value is -1.89. The molecular formula is C28H52NO6+. The topological polar surface area (TPSA) is 112 Å². The molecule has 3 atom stereocenters. The lowest BCUT2D eigenvalue weighted by molar-refractivity contribution is -0.973. The van der Waals surface area contributed by atoms with Crippen LogP contribution in [-0.4, -0.2) is 62.4 Å². The van der Waals surface area contributed by atoms with Gasteiger partial charge >= 0.3 is 17.9 Å². The fourth-order valence-electron chi connectivity index (χ4n) is 5.40. The predicted octanol–water partition coefficient (Wildman–Crippen LogP) is 6.65. The molecular weight excluding hydrogens is 446 g/mol. The molecule has 0 saturated heterocycles. The average molecular weight is 499 g/mol. The van der Waals surface area contributed by atoms with Gasteiger partial charge in [-0.25, -0.2) is 14.4 Å². The van der Waals surface area contributed by atoms with Gasteiger partial charge in [-0.3, -0.25) is 4.48 Å². The second kappa shape index (κ2) is 19.3. The van der Waals surface area contributed by atoms with Crippen LogP contribution >= 0.6 is 0 Å². The lowest BCUT2D eigenvalue weighted by Gasteiger charge is -2.50. The van der Waals surface area contributed by atoms with Crippen molar-refractivity contribution in [3.05, 3.63) is 12.2 Å². The molecule has 0 spiro atoms. The van der Waals surface area contributed by atoms with E-state index in [0.717, 1.165) is 32.1 Å². The van der Waals surface area contributed by atoms with E-state index in [0.29, 0.717) is 25.7 Å². The van der Waals surface area contributed by atoms with E-state index in [9.17, 15) is 29.7 Å². The summed E-state index contributed by atoms with van der Waals surface area (Å²) < 4.78 is -0.382. The Morgan fingerprint density at radius 2 is 0.943 bits per heavy atom. The summed E-state index contributed by atoms with van der Waals surface area (Å²) in [5, 5.41) is 30.6. The van der Waals surface area contributed by atoms with E-state index in [1.165, 1.54) is 19.3 Å². The second-order valence-corrected chi connectivity index (χ2v) is 9.82. The van der Waals surface area contributed by atoms with Gasteiger partial charge in [-0.1, -0.05) is 59.1 Å². The zero-order valence-corrected chi connectivity index (χ0v) is 22.7. The molecule has 35 heavy (non-hydrogen) atoms. The Bertz CT molecular complexity index is 573. The van der Waals surface area contributed by atoms with E-state index < -0.39 is 36.0 Å². The van der Waals surface area contributed by atoms with Gasteiger partial charge in [0.25, 0.3) is 0 Å². The standard InChI is InChI=1S/C28H51NO6/c1-5-9-10-11-12-13-14-15-16-17-18-22-29(23(19-6-2)26(30)31,24(20-7-3)27(32)33)25(21-8-4)28(34)35/h12-13,23-25H,5-11,14-22H2,1-4H3,(H2-,30,31,32,33,34,35)/p+1/b13-12+. The first-order valence-electron chi connectivity index (χ1n) is 13.9. The molecule has 204 valence electrons. The van der Waals surface area contributed by atoms with Crippen molar-refractivity contribution in [1.82, 2.24) is 0 Å². The first kappa shape index (κ1) is 33.1. The summed E-state index contributed by atoms with van der Waals surface area (Å²) in [4.78, 5) is 37.5. The number of carboxylic acid groups (broad SMARTS) is 3. The minimum atomic E-state index is -1.09. The third-order valence-corrected chi connectivity index (χ3v) is 7.09. The van der Waals surface area contributed by atoms with E-state index >= 15 is 0 Å².